The van der Waals surface area contributed by atoms with E-state index in [0.29, 0.717) is 18.7 Å². The molecule has 0 aliphatic heterocycles. The van der Waals surface area contributed by atoms with E-state index in [1.807, 2.05) is 72.6 Å². The SMILES string of the molecule is COCC(C)N(Cc1cccc(OC)c1)C(=O)c1cccc(-n2cccn2)c1. The van der Waals surface area contributed by atoms with Gasteiger partial charge in [-0.15, -0.1) is 0 Å². The van der Waals surface area contributed by atoms with Crippen molar-refractivity contribution in [1.82, 2.24) is 14.7 Å². The molecule has 0 aliphatic carbocycles. The number of hydrogen-bond donors (Lipinski definition) is 0. The minimum absolute atomic E-state index is 0.0543. The molecule has 0 saturated heterocycles. The molecule has 2 aromatic carbocycles. The van der Waals surface area contributed by atoms with E-state index in [2.05, 4.69) is 5.10 Å². The predicted molar refractivity (Wildman–Crippen MR) is 108 cm³/mol. The van der Waals surface area contributed by atoms with Crippen LogP contribution in [0.15, 0.2) is 67.0 Å². The van der Waals surface area contributed by atoms with Gasteiger partial charge in [0.15, 0.2) is 0 Å². The molecule has 0 saturated carbocycles. The molecule has 0 bridgehead atoms. The van der Waals surface area contributed by atoms with E-state index in [9.17, 15) is 4.79 Å². The van der Waals surface area contributed by atoms with Gasteiger partial charge in [-0.2, -0.15) is 5.10 Å². The topological polar surface area (TPSA) is 56.6 Å². The first kappa shape index (κ1) is 19.6. The van der Waals surface area contributed by atoms with Crippen LogP contribution >= 0.6 is 0 Å². The Morgan fingerprint density at radius 1 is 1.14 bits per heavy atom. The van der Waals surface area contributed by atoms with Crippen LogP contribution in [0.25, 0.3) is 5.69 Å². The molecule has 0 fully saturated rings. The standard InChI is InChI=1S/C22H25N3O3/c1-17(16-27-2)24(15-18-7-4-10-21(13-18)28-3)22(26)19-8-5-9-20(14-19)25-12-6-11-23-25/h4-14,17H,15-16H2,1-3H3. The molecule has 28 heavy (non-hydrogen) atoms. The van der Waals surface area contributed by atoms with E-state index in [1.54, 1.807) is 25.1 Å². The molecule has 1 unspecified atom stereocenters. The Hall–Kier alpha value is -3.12. The Bertz CT molecular complexity index is 909. The second-order valence-corrected chi connectivity index (χ2v) is 6.59. The van der Waals surface area contributed by atoms with Gasteiger partial charge in [-0.3, -0.25) is 4.79 Å². The summed E-state index contributed by atoms with van der Waals surface area (Å²) in [6.45, 7) is 2.90. The zero-order chi connectivity index (χ0) is 19.9. The highest BCUT2D eigenvalue weighted by Crippen LogP contribution is 2.19. The zero-order valence-electron chi connectivity index (χ0n) is 16.4. The maximum absolute atomic E-state index is 13.4. The van der Waals surface area contributed by atoms with E-state index in [-0.39, 0.29) is 11.9 Å². The van der Waals surface area contributed by atoms with Crippen LogP contribution in [0.1, 0.15) is 22.8 Å². The van der Waals surface area contributed by atoms with E-state index >= 15 is 0 Å². The molecule has 1 amide bonds. The Morgan fingerprint density at radius 3 is 2.68 bits per heavy atom. The molecule has 6 heteroatoms. The third-order valence-electron chi connectivity index (χ3n) is 4.55. The summed E-state index contributed by atoms with van der Waals surface area (Å²) < 4.78 is 12.3. The van der Waals surface area contributed by atoms with Crippen molar-refractivity contribution in [3.05, 3.63) is 78.1 Å². The molecule has 6 nitrogen and oxygen atoms in total. The monoisotopic (exact) mass is 379 g/mol. The van der Waals surface area contributed by atoms with Gasteiger partial charge in [0.25, 0.3) is 5.91 Å². The lowest BCUT2D eigenvalue weighted by Crippen LogP contribution is -2.40. The van der Waals surface area contributed by atoms with Crippen LogP contribution in [0.5, 0.6) is 5.75 Å². The molecule has 1 aromatic heterocycles. The minimum Gasteiger partial charge on any atom is -0.497 e. The van der Waals surface area contributed by atoms with Gasteiger partial charge >= 0.3 is 0 Å². The van der Waals surface area contributed by atoms with E-state index < -0.39 is 0 Å². The van der Waals surface area contributed by atoms with Crippen molar-refractivity contribution >= 4 is 5.91 Å². The summed E-state index contributed by atoms with van der Waals surface area (Å²) in [6.07, 6.45) is 3.56. The number of carbonyl (C=O) groups excluding carboxylic acids is 1. The Balaban J connectivity index is 1.89. The van der Waals surface area contributed by atoms with Crippen LogP contribution in [-0.2, 0) is 11.3 Å². The fourth-order valence-electron chi connectivity index (χ4n) is 3.10. The highest BCUT2D eigenvalue weighted by atomic mass is 16.5. The number of aromatic nitrogens is 2. The van der Waals surface area contributed by atoms with Crippen LogP contribution in [-0.4, -0.2) is 47.5 Å². The molecule has 0 aliphatic rings. The third kappa shape index (κ3) is 4.58. The second-order valence-electron chi connectivity index (χ2n) is 6.59. The van der Waals surface area contributed by atoms with Crippen molar-refractivity contribution in [2.75, 3.05) is 20.8 Å². The number of rotatable bonds is 8. The first-order chi connectivity index (χ1) is 13.6. The van der Waals surface area contributed by atoms with E-state index in [4.69, 9.17) is 9.47 Å². The molecular formula is C22H25N3O3. The van der Waals surface area contributed by atoms with Gasteiger partial charge in [0, 0.05) is 31.6 Å². The molecular weight excluding hydrogens is 354 g/mol. The van der Waals surface area contributed by atoms with E-state index in [0.717, 1.165) is 17.0 Å². The maximum atomic E-state index is 13.4. The lowest BCUT2D eigenvalue weighted by molar-refractivity contribution is 0.0542. The smallest absolute Gasteiger partial charge is 0.254 e. The van der Waals surface area contributed by atoms with Crippen molar-refractivity contribution in [2.45, 2.75) is 19.5 Å². The number of benzene rings is 2. The first-order valence-electron chi connectivity index (χ1n) is 9.15. The third-order valence-corrected chi connectivity index (χ3v) is 4.55. The minimum atomic E-state index is -0.0861. The molecule has 3 aromatic rings. The average molecular weight is 379 g/mol. The molecule has 146 valence electrons. The van der Waals surface area contributed by atoms with Crippen LogP contribution in [0.3, 0.4) is 0 Å². The largest absolute Gasteiger partial charge is 0.497 e. The summed E-state index contributed by atoms with van der Waals surface area (Å²) in [6, 6.07) is 17.0. The number of carbonyl (C=O) groups is 1. The van der Waals surface area contributed by atoms with Gasteiger partial charge in [0.2, 0.25) is 0 Å². The number of nitrogens with zero attached hydrogens (tertiary/aromatic N) is 3. The normalized spacial score (nSPS) is 11.8. The molecule has 1 heterocycles. The Morgan fingerprint density at radius 2 is 1.96 bits per heavy atom. The maximum Gasteiger partial charge on any atom is 0.254 e. The Labute approximate surface area is 165 Å². The van der Waals surface area contributed by atoms with Gasteiger partial charge < -0.3 is 14.4 Å². The molecule has 0 radical (unpaired) electrons. The molecule has 3 rings (SSSR count). The second kappa shape index (κ2) is 9.19. The zero-order valence-corrected chi connectivity index (χ0v) is 16.4. The highest BCUT2D eigenvalue weighted by molar-refractivity contribution is 5.95. The average Bonchev–Trinajstić information content (AvgIpc) is 3.27. The fourth-order valence-corrected chi connectivity index (χ4v) is 3.10. The van der Waals surface area contributed by atoms with Gasteiger partial charge in [-0.1, -0.05) is 18.2 Å². The van der Waals surface area contributed by atoms with Crippen molar-refractivity contribution in [3.63, 3.8) is 0 Å². The quantitative estimate of drug-likeness (QED) is 0.601. The lowest BCUT2D eigenvalue weighted by atomic mass is 10.1. The van der Waals surface area contributed by atoms with Crippen LogP contribution in [0.2, 0.25) is 0 Å². The Kier molecular flexibility index (Phi) is 6.45. The fraction of sp³-hybridized carbons (Fsp3) is 0.273. The van der Waals surface area contributed by atoms with Crippen molar-refractivity contribution in [1.29, 1.82) is 0 Å². The van der Waals surface area contributed by atoms with Gasteiger partial charge in [0.05, 0.1) is 25.4 Å². The van der Waals surface area contributed by atoms with Crippen LogP contribution < -0.4 is 4.74 Å². The number of methoxy groups -OCH3 is 2. The van der Waals surface area contributed by atoms with E-state index in [1.165, 1.54) is 0 Å². The van der Waals surface area contributed by atoms with Crippen molar-refractivity contribution in [2.24, 2.45) is 0 Å². The molecule has 1 atom stereocenters. The summed E-state index contributed by atoms with van der Waals surface area (Å²) >= 11 is 0. The first-order valence-corrected chi connectivity index (χ1v) is 9.15. The van der Waals surface area contributed by atoms with Crippen LogP contribution in [0, 0.1) is 0 Å². The number of hydrogen-bond acceptors (Lipinski definition) is 4. The van der Waals surface area contributed by atoms with Gasteiger partial charge in [0.1, 0.15) is 5.75 Å². The van der Waals surface area contributed by atoms with Gasteiger partial charge in [-0.05, 0) is 48.9 Å². The van der Waals surface area contributed by atoms with Crippen molar-refractivity contribution < 1.29 is 14.3 Å². The summed E-state index contributed by atoms with van der Waals surface area (Å²) in [5, 5.41) is 4.24. The lowest BCUT2D eigenvalue weighted by Gasteiger charge is -2.29. The predicted octanol–water partition coefficient (Wildman–Crippen LogP) is 3.56. The van der Waals surface area contributed by atoms with Gasteiger partial charge in [-0.25, -0.2) is 4.68 Å². The summed E-state index contributed by atoms with van der Waals surface area (Å²) in [7, 11) is 3.28. The number of ether oxygens (including phenoxy) is 2. The summed E-state index contributed by atoms with van der Waals surface area (Å²) in [5.41, 5.74) is 2.45. The number of amides is 1. The summed E-state index contributed by atoms with van der Waals surface area (Å²) in [4.78, 5) is 15.2. The van der Waals surface area contributed by atoms with Crippen LogP contribution in [0.4, 0.5) is 0 Å². The summed E-state index contributed by atoms with van der Waals surface area (Å²) in [5.74, 6) is 0.714. The van der Waals surface area contributed by atoms with Crippen molar-refractivity contribution in [3.8, 4) is 11.4 Å². The highest BCUT2D eigenvalue weighted by Gasteiger charge is 2.22. The molecule has 0 spiro atoms. The molecule has 0 N–H and O–H groups in total.